The maximum atomic E-state index is 12.7. The number of fused-ring (bicyclic) bond motifs is 2. The second-order valence-corrected chi connectivity index (χ2v) is 8.94. The zero-order valence-electron chi connectivity index (χ0n) is 18.8. The fourth-order valence-corrected chi connectivity index (χ4v) is 4.64. The van der Waals surface area contributed by atoms with Crippen LogP contribution >= 0.6 is 0 Å². The van der Waals surface area contributed by atoms with Gasteiger partial charge in [0.1, 0.15) is 17.6 Å². The van der Waals surface area contributed by atoms with E-state index in [-0.39, 0.29) is 23.9 Å². The Labute approximate surface area is 191 Å². The first-order chi connectivity index (χ1) is 16.0. The number of aromatic nitrogens is 4. The summed E-state index contributed by atoms with van der Waals surface area (Å²) in [4.78, 5) is 43.3. The molecule has 1 aliphatic carbocycles. The molecule has 4 N–H and O–H groups in total. The fourth-order valence-electron chi connectivity index (χ4n) is 4.64. The lowest BCUT2D eigenvalue weighted by Gasteiger charge is -2.31. The molecule has 10 nitrogen and oxygen atoms in total. The normalized spacial score (nSPS) is 22.4. The molecule has 0 radical (unpaired) electrons. The van der Waals surface area contributed by atoms with E-state index in [9.17, 15) is 9.59 Å². The SMILES string of the molecule is CN(C)c1nc(N[C@H]2CC[C@@H](NC(=O)C3Cc4nc[nH]c4C(=O)N3)CC2)nc2ccccc12. The predicted octanol–water partition coefficient (Wildman–Crippen LogP) is 1.61. The highest BCUT2D eigenvalue weighted by Gasteiger charge is 2.32. The van der Waals surface area contributed by atoms with Gasteiger partial charge in [0.25, 0.3) is 5.91 Å². The molecular formula is C23H28N8O2. The standard InChI is InChI=1S/C23H28N8O2/c1-31(2)20-15-5-3-4-6-16(15)29-23(30-20)27-14-9-7-13(8-10-14)26-21(32)18-11-17-19(22(33)28-18)25-12-24-17/h3-6,12-14,18H,7-11H2,1-2H3,(H,24,25)(H,26,32)(H,28,33)(H,27,29,30)/t13-,14+,18?. The van der Waals surface area contributed by atoms with Crippen molar-refractivity contribution >= 4 is 34.5 Å². The Bertz CT molecular complexity index is 1180. The zero-order valence-corrected chi connectivity index (χ0v) is 18.8. The molecular weight excluding hydrogens is 420 g/mol. The van der Waals surface area contributed by atoms with Crippen molar-refractivity contribution in [1.82, 2.24) is 30.6 Å². The van der Waals surface area contributed by atoms with Gasteiger partial charge in [0.15, 0.2) is 0 Å². The first-order valence-corrected chi connectivity index (χ1v) is 11.3. The quantitative estimate of drug-likeness (QED) is 0.467. The van der Waals surface area contributed by atoms with E-state index in [1.165, 1.54) is 6.33 Å². The van der Waals surface area contributed by atoms with E-state index in [0.717, 1.165) is 42.4 Å². The number of para-hydroxylation sites is 1. The Morgan fingerprint density at radius 1 is 1.09 bits per heavy atom. The average molecular weight is 449 g/mol. The minimum Gasteiger partial charge on any atom is -0.362 e. The molecule has 1 fully saturated rings. The van der Waals surface area contributed by atoms with Gasteiger partial charge in [-0.15, -0.1) is 0 Å². The molecule has 1 unspecified atom stereocenters. The summed E-state index contributed by atoms with van der Waals surface area (Å²) >= 11 is 0. The molecule has 10 heteroatoms. The van der Waals surface area contributed by atoms with Crippen molar-refractivity contribution in [2.45, 2.75) is 50.2 Å². The Morgan fingerprint density at radius 3 is 2.64 bits per heavy atom. The van der Waals surface area contributed by atoms with Crippen LogP contribution in [0.3, 0.4) is 0 Å². The van der Waals surface area contributed by atoms with E-state index < -0.39 is 6.04 Å². The Hall–Kier alpha value is -3.69. The number of carbonyl (C=O) groups is 2. The van der Waals surface area contributed by atoms with Crippen LogP contribution in [0.15, 0.2) is 30.6 Å². The third-order valence-electron chi connectivity index (χ3n) is 6.38. The molecule has 33 heavy (non-hydrogen) atoms. The van der Waals surface area contributed by atoms with E-state index in [1.807, 2.05) is 43.3 Å². The summed E-state index contributed by atoms with van der Waals surface area (Å²) in [6, 6.07) is 7.75. The van der Waals surface area contributed by atoms with Crippen LogP contribution in [0.2, 0.25) is 0 Å². The third-order valence-corrected chi connectivity index (χ3v) is 6.38. The number of hydrogen-bond acceptors (Lipinski definition) is 7. The molecule has 1 atom stereocenters. The van der Waals surface area contributed by atoms with E-state index in [2.05, 4.69) is 25.9 Å². The summed E-state index contributed by atoms with van der Waals surface area (Å²) in [5.41, 5.74) is 1.99. The molecule has 2 aliphatic rings. The van der Waals surface area contributed by atoms with Crippen molar-refractivity contribution < 1.29 is 9.59 Å². The second kappa shape index (κ2) is 8.68. The monoisotopic (exact) mass is 448 g/mol. The maximum Gasteiger partial charge on any atom is 0.270 e. The number of carbonyl (C=O) groups excluding carboxylic acids is 2. The zero-order chi connectivity index (χ0) is 22.9. The van der Waals surface area contributed by atoms with Crippen molar-refractivity contribution in [2.75, 3.05) is 24.3 Å². The molecule has 1 saturated carbocycles. The fraction of sp³-hybridized carbons (Fsp3) is 0.435. The van der Waals surface area contributed by atoms with Crippen LogP contribution in [0.4, 0.5) is 11.8 Å². The molecule has 0 bridgehead atoms. The number of nitrogens with one attached hydrogen (secondary N) is 4. The van der Waals surface area contributed by atoms with Crippen molar-refractivity contribution in [3.8, 4) is 0 Å². The Kier molecular flexibility index (Phi) is 5.57. The molecule has 3 aromatic rings. The topological polar surface area (TPSA) is 128 Å². The van der Waals surface area contributed by atoms with E-state index >= 15 is 0 Å². The maximum absolute atomic E-state index is 12.7. The van der Waals surface area contributed by atoms with Crippen LogP contribution in [0.5, 0.6) is 0 Å². The minimum atomic E-state index is -0.584. The molecule has 0 spiro atoms. The Morgan fingerprint density at radius 2 is 1.85 bits per heavy atom. The Balaban J connectivity index is 1.17. The summed E-state index contributed by atoms with van der Waals surface area (Å²) in [5, 5.41) is 10.4. The number of hydrogen-bond donors (Lipinski definition) is 4. The van der Waals surface area contributed by atoms with Crippen molar-refractivity contribution in [2.24, 2.45) is 0 Å². The number of rotatable bonds is 5. The first kappa shape index (κ1) is 21.2. The van der Waals surface area contributed by atoms with Gasteiger partial charge in [-0.3, -0.25) is 9.59 Å². The van der Waals surface area contributed by atoms with Crippen LogP contribution in [-0.4, -0.2) is 64.0 Å². The summed E-state index contributed by atoms with van der Waals surface area (Å²) in [6.07, 6.45) is 5.40. The molecule has 0 saturated heterocycles. The smallest absolute Gasteiger partial charge is 0.270 e. The van der Waals surface area contributed by atoms with Gasteiger partial charge in [0.05, 0.1) is 17.5 Å². The summed E-state index contributed by atoms with van der Waals surface area (Å²) in [6.45, 7) is 0. The highest BCUT2D eigenvalue weighted by Crippen LogP contribution is 2.26. The number of H-pyrrole nitrogens is 1. The van der Waals surface area contributed by atoms with Crippen LogP contribution in [0, 0.1) is 0 Å². The highest BCUT2D eigenvalue weighted by molar-refractivity contribution is 5.99. The molecule has 1 aromatic carbocycles. The largest absolute Gasteiger partial charge is 0.362 e. The van der Waals surface area contributed by atoms with Crippen LogP contribution in [0.25, 0.3) is 10.9 Å². The molecule has 172 valence electrons. The van der Waals surface area contributed by atoms with Crippen LogP contribution in [-0.2, 0) is 11.2 Å². The lowest BCUT2D eigenvalue weighted by Crippen LogP contribution is -2.53. The number of imidazole rings is 1. The number of nitrogens with zero attached hydrogens (tertiary/aromatic N) is 4. The van der Waals surface area contributed by atoms with Gasteiger partial charge in [0.2, 0.25) is 11.9 Å². The van der Waals surface area contributed by atoms with Gasteiger partial charge in [-0.1, -0.05) is 12.1 Å². The minimum absolute atomic E-state index is 0.0860. The van der Waals surface area contributed by atoms with Gasteiger partial charge in [-0.2, -0.15) is 4.98 Å². The average Bonchev–Trinajstić information content (AvgIpc) is 3.29. The summed E-state index contributed by atoms with van der Waals surface area (Å²) in [7, 11) is 3.96. The number of amides is 2. The van der Waals surface area contributed by atoms with Gasteiger partial charge < -0.3 is 25.8 Å². The predicted molar refractivity (Wildman–Crippen MR) is 125 cm³/mol. The second-order valence-electron chi connectivity index (χ2n) is 8.94. The van der Waals surface area contributed by atoms with Gasteiger partial charge in [0, 0.05) is 38.0 Å². The number of aromatic amines is 1. The third kappa shape index (κ3) is 4.33. The van der Waals surface area contributed by atoms with E-state index in [0.29, 0.717) is 23.8 Å². The van der Waals surface area contributed by atoms with Crippen molar-refractivity contribution in [1.29, 1.82) is 0 Å². The lowest BCUT2D eigenvalue weighted by molar-refractivity contribution is -0.124. The molecule has 5 rings (SSSR count). The van der Waals surface area contributed by atoms with Crippen molar-refractivity contribution in [3.05, 3.63) is 42.0 Å². The van der Waals surface area contributed by atoms with E-state index in [4.69, 9.17) is 9.97 Å². The molecule has 2 amide bonds. The lowest BCUT2D eigenvalue weighted by atomic mass is 9.91. The van der Waals surface area contributed by atoms with Gasteiger partial charge in [-0.25, -0.2) is 9.97 Å². The van der Waals surface area contributed by atoms with Gasteiger partial charge in [-0.05, 0) is 37.8 Å². The number of benzene rings is 1. The summed E-state index contributed by atoms with van der Waals surface area (Å²) < 4.78 is 0. The first-order valence-electron chi connectivity index (χ1n) is 11.3. The molecule has 3 heterocycles. The van der Waals surface area contributed by atoms with Crippen LogP contribution < -0.4 is 20.9 Å². The summed E-state index contributed by atoms with van der Waals surface area (Å²) in [5.74, 6) is 1.08. The van der Waals surface area contributed by atoms with E-state index in [1.54, 1.807) is 0 Å². The van der Waals surface area contributed by atoms with Crippen molar-refractivity contribution in [3.63, 3.8) is 0 Å². The number of anilines is 2. The van der Waals surface area contributed by atoms with Gasteiger partial charge >= 0.3 is 0 Å². The van der Waals surface area contributed by atoms with Crippen LogP contribution in [0.1, 0.15) is 41.9 Å². The highest BCUT2D eigenvalue weighted by atomic mass is 16.2. The molecule has 1 aliphatic heterocycles. The molecule has 2 aromatic heterocycles.